The molecule has 0 aromatic heterocycles. The number of ketones is 2. The maximum absolute atomic E-state index is 12.6. The van der Waals surface area contributed by atoms with Crippen LogP contribution in [0.4, 0.5) is 0 Å². The highest BCUT2D eigenvalue weighted by Gasteiger charge is 2.41. The van der Waals surface area contributed by atoms with Crippen LogP contribution in [0.25, 0.3) is 0 Å². The summed E-state index contributed by atoms with van der Waals surface area (Å²) in [6, 6.07) is -0.913. The number of aliphatic hydroxyl groups is 2. The van der Waals surface area contributed by atoms with Crippen molar-refractivity contribution in [2.24, 2.45) is 29.6 Å². The lowest BCUT2D eigenvalue weighted by Crippen LogP contribution is -2.41. The molecule has 7 atom stereocenters. The number of hydrogen-bond acceptors (Lipinski definition) is 6. The average Bonchev–Trinajstić information content (AvgIpc) is 3.42. The number of carbonyl (C=O) groups excluding carboxylic acids is 3. The Bertz CT molecular complexity index is 823. The number of carboxylic acid groups (broad SMARTS) is 1. The van der Waals surface area contributed by atoms with Gasteiger partial charge >= 0.3 is 5.97 Å². The maximum Gasteiger partial charge on any atom is 0.326 e. The van der Waals surface area contributed by atoms with Crippen LogP contribution >= 0.6 is 0 Å². The van der Waals surface area contributed by atoms with Gasteiger partial charge in [-0.2, -0.15) is 0 Å². The minimum atomic E-state index is -1.05. The summed E-state index contributed by atoms with van der Waals surface area (Å²) in [5, 5.41) is 32.9. The lowest BCUT2D eigenvalue weighted by atomic mass is 9.87. The number of carboxylic acids is 1. The normalized spacial score (nSPS) is 27.2. The van der Waals surface area contributed by atoms with Crippen LogP contribution in [0.15, 0.2) is 12.2 Å². The van der Waals surface area contributed by atoms with E-state index in [0.29, 0.717) is 25.2 Å². The predicted octanol–water partition coefficient (Wildman–Crippen LogP) is 4.21. The highest BCUT2D eigenvalue weighted by molar-refractivity contribution is 5.90. The largest absolute Gasteiger partial charge is 0.480 e. The van der Waals surface area contributed by atoms with Gasteiger partial charge in [0.05, 0.1) is 12.2 Å². The predicted molar refractivity (Wildman–Crippen MR) is 145 cm³/mol. The second kappa shape index (κ2) is 16.1. The molecule has 38 heavy (non-hydrogen) atoms. The summed E-state index contributed by atoms with van der Waals surface area (Å²) in [6.45, 7) is 5.97. The third kappa shape index (κ3) is 10.6. The van der Waals surface area contributed by atoms with Gasteiger partial charge in [-0.1, -0.05) is 58.6 Å². The highest BCUT2D eigenvalue weighted by Crippen LogP contribution is 2.38. The molecule has 8 heteroatoms. The van der Waals surface area contributed by atoms with Crippen molar-refractivity contribution >= 4 is 23.4 Å². The molecule has 2 aliphatic rings. The van der Waals surface area contributed by atoms with Crippen molar-refractivity contribution in [1.29, 1.82) is 0 Å². The lowest BCUT2D eigenvalue weighted by molar-refractivity contribution is -0.142. The van der Waals surface area contributed by atoms with Gasteiger partial charge in [0, 0.05) is 37.5 Å². The van der Waals surface area contributed by atoms with E-state index in [1.165, 1.54) is 19.3 Å². The summed E-state index contributed by atoms with van der Waals surface area (Å²) in [7, 11) is 0. The van der Waals surface area contributed by atoms with Crippen LogP contribution in [-0.2, 0) is 19.2 Å². The molecule has 2 rings (SSSR count). The van der Waals surface area contributed by atoms with E-state index >= 15 is 0 Å². The second-order valence-corrected chi connectivity index (χ2v) is 11.9. The van der Waals surface area contributed by atoms with Crippen molar-refractivity contribution in [1.82, 2.24) is 5.32 Å². The zero-order valence-electron chi connectivity index (χ0n) is 23.4. The summed E-state index contributed by atoms with van der Waals surface area (Å²) < 4.78 is 0. The number of aliphatic hydroxyl groups excluding tert-OH is 2. The molecule has 8 nitrogen and oxygen atoms in total. The second-order valence-electron chi connectivity index (χ2n) is 11.9. The van der Waals surface area contributed by atoms with Crippen molar-refractivity contribution in [2.75, 3.05) is 0 Å². The van der Waals surface area contributed by atoms with Gasteiger partial charge in [0.15, 0.2) is 0 Å². The Labute approximate surface area is 227 Å². The summed E-state index contributed by atoms with van der Waals surface area (Å²) >= 11 is 0. The number of amides is 1. The van der Waals surface area contributed by atoms with E-state index in [-0.39, 0.29) is 55.0 Å². The fourth-order valence-corrected chi connectivity index (χ4v) is 5.98. The molecule has 7 unspecified atom stereocenters. The average molecular weight is 536 g/mol. The van der Waals surface area contributed by atoms with Crippen molar-refractivity contribution in [2.45, 2.75) is 122 Å². The molecule has 1 amide bonds. The zero-order valence-corrected chi connectivity index (χ0v) is 23.4. The van der Waals surface area contributed by atoms with Gasteiger partial charge < -0.3 is 20.6 Å². The van der Waals surface area contributed by atoms with Crippen molar-refractivity contribution in [3.63, 3.8) is 0 Å². The molecule has 2 aliphatic carbocycles. The van der Waals surface area contributed by atoms with E-state index in [1.807, 2.05) is 13.8 Å². The first-order valence-electron chi connectivity index (χ1n) is 14.6. The minimum absolute atomic E-state index is 0.0207. The van der Waals surface area contributed by atoms with Crippen molar-refractivity contribution in [3.8, 4) is 0 Å². The smallest absolute Gasteiger partial charge is 0.326 e. The molecule has 216 valence electrons. The molecular weight excluding hydrogens is 486 g/mol. The van der Waals surface area contributed by atoms with Crippen LogP contribution in [0, 0.1) is 29.6 Å². The Morgan fingerprint density at radius 2 is 1.82 bits per heavy atom. The van der Waals surface area contributed by atoms with Gasteiger partial charge in [-0.15, -0.1) is 0 Å². The monoisotopic (exact) mass is 535 g/mol. The standard InChI is InChI=1S/C30H49NO7/c1-4-5-8-20-11-12-21(16-20)26(33)14-13-23-24(28(35)18-27(23)34)17-22(32)9-6-7-10-29(36)31-25(30(37)38)15-19(2)3/h13-14,19-21,23-27,33-34H,4-12,15-18H2,1-3H3,(H,31,36)(H,37,38). The minimum Gasteiger partial charge on any atom is -0.480 e. The van der Waals surface area contributed by atoms with Gasteiger partial charge in [0.1, 0.15) is 17.6 Å². The molecule has 0 spiro atoms. The SMILES string of the molecule is CCCCC1CCC(C(O)C=CC2C(O)CC(=O)C2CC(=O)CCCCC(=O)NC(CC(C)C)C(=O)O)C1. The van der Waals surface area contributed by atoms with Gasteiger partial charge in [0.2, 0.25) is 5.91 Å². The Kier molecular flexibility index (Phi) is 13.7. The Morgan fingerprint density at radius 3 is 2.47 bits per heavy atom. The number of unbranched alkanes of at least 4 members (excludes halogenated alkanes) is 2. The molecule has 0 bridgehead atoms. The van der Waals surface area contributed by atoms with Crippen LogP contribution < -0.4 is 5.32 Å². The number of aliphatic carboxylic acids is 1. The highest BCUT2D eigenvalue weighted by atomic mass is 16.4. The van der Waals surface area contributed by atoms with E-state index in [0.717, 1.165) is 19.3 Å². The molecule has 0 aromatic carbocycles. The molecule has 0 radical (unpaired) electrons. The number of hydrogen-bond donors (Lipinski definition) is 4. The van der Waals surface area contributed by atoms with E-state index in [4.69, 9.17) is 0 Å². The molecule has 0 aliphatic heterocycles. The number of rotatable bonds is 17. The van der Waals surface area contributed by atoms with Crippen LogP contribution in [0.2, 0.25) is 0 Å². The molecule has 2 fully saturated rings. The molecule has 0 heterocycles. The van der Waals surface area contributed by atoms with E-state index < -0.39 is 36.1 Å². The van der Waals surface area contributed by atoms with E-state index in [2.05, 4.69) is 12.2 Å². The van der Waals surface area contributed by atoms with Crippen molar-refractivity contribution in [3.05, 3.63) is 12.2 Å². The number of Topliss-reactive ketones (excluding diaryl/α,β-unsaturated/α-hetero) is 2. The summed E-state index contributed by atoms with van der Waals surface area (Å²) in [4.78, 5) is 48.5. The lowest BCUT2D eigenvalue weighted by Gasteiger charge is -2.19. The number of nitrogens with one attached hydrogen (secondary N) is 1. The Morgan fingerprint density at radius 1 is 1.11 bits per heavy atom. The first kappa shape index (κ1) is 32.2. The van der Waals surface area contributed by atoms with Gasteiger partial charge in [-0.05, 0) is 49.9 Å². The molecule has 0 aromatic rings. The van der Waals surface area contributed by atoms with E-state index in [9.17, 15) is 34.5 Å². The molecule has 2 saturated carbocycles. The third-order valence-electron chi connectivity index (χ3n) is 8.19. The van der Waals surface area contributed by atoms with Crippen LogP contribution in [0.1, 0.15) is 104 Å². The maximum atomic E-state index is 12.6. The third-order valence-corrected chi connectivity index (χ3v) is 8.19. The molecule has 4 N–H and O–H groups in total. The Balaban J connectivity index is 1.78. The van der Waals surface area contributed by atoms with Gasteiger partial charge in [-0.3, -0.25) is 14.4 Å². The van der Waals surface area contributed by atoms with Crippen LogP contribution in [0.3, 0.4) is 0 Å². The summed E-state index contributed by atoms with van der Waals surface area (Å²) in [5.74, 6) is -1.67. The summed E-state index contributed by atoms with van der Waals surface area (Å²) in [6.07, 6.45) is 10.4. The fourth-order valence-electron chi connectivity index (χ4n) is 5.98. The van der Waals surface area contributed by atoms with Crippen LogP contribution in [-0.4, -0.2) is 57.0 Å². The van der Waals surface area contributed by atoms with Gasteiger partial charge in [0.25, 0.3) is 0 Å². The molecular formula is C30H49NO7. The first-order valence-corrected chi connectivity index (χ1v) is 14.6. The fraction of sp³-hybridized carbons (Fsp3) is 0.800. The first-order chi connectivity index (χ1) is 18.0. The zero-order chi connectivity index (χ0) is 28.2. The molecule has 0 saturated heterocycles. The van der Waals surface area contributed by atoms with Crippen molar-refractivity contribution < 1.29 is 34.5 Å². The van der Waals surface area contributed by atoms with Gasteiger partial charge in [-0.25, -0.2) is 4.79 Å². The quantitative estimate of drug-likeness (QED) is 0.161. The number of carbonyl (C=O) groups is 4. The topological polar surface area (TPSA) is 141 Å². The van der Waals surface area contributed by atoms with Crippen LogP contribution in [0.5, 0.6) is 0 Å². The summed E-state index contributed by atoms with van der Waals surface area (Å²) in [5.41, 5.74) is 0. The van der Waals surface area contributed by atoms with E-state index in [1.54, 1.807) is 12.2 Å². The Hall–Kier alpha value is -2.06.